The number of fused-ring (bicyclic) bond motifs is 1. The molecule has 0 bridgehead atoms. The van der Waals surface area contributed by atoms with Crippen LogP contribution in [0.5, 0.6) is 5.75 Å². The van der Waals surface area contributed by atoms with E-state index in [1.54, 1.807) is 16.8 Å². The molecule has 0 amide bonds. The maximum absolute atomic E-state index is 13.6. The van der Waals surface area contributed by atoms with E-state index in [0.29, 0.717) is 17.9 Å². The molecule has 4 rings (SSSR count). The molecule has 3 heterocycles. The van der Waals surface area contributed by atoms with Gasteiger partial charge in [0.05, 0.1) is 23.7 Å². The molecule has 7 heteroatoms. The van der Waals surface area contributed by atoms with Crippen molar-refractivity contribution >= 4 is 15.9 Å². The highest BCUT2D eigenvalue weighted by molar-refractivity contribution is 9.10. The van der Waals surface area contributed by atoms with Crippen LogP contribution in [0, 0.1) is 18.3 Å². The standard InChI is InChI=1S/C22H17BrN4O2/c1-13-10-18-20(22(28)27(13)12-14-6-4-5-9-26-14)19(16(11-24)21(25)29-18)15-7-2-3-8-17(15)23/h2-10,19H,12,25H2,1H3. The topological polar surface area (TPSA) is 93.9 Å². The number of nitrogens with two attached hydrogens (primary N) is 1. The lowest BCUT2D eigenvalue weighted by Gasteiger charge is -2.28. The Bertz CT molecular complexity index is 1230. The Labute approximate surface area is 176 Å². The number of benzene rings is 1. The summed E-state index contributed by atoms with van der Waals surface area (Å²) in [7, 11) is 0. The predicted octanol–water partition coefficient (Wildman–Crippen LogP) is 3.58. The lowest BCUT2D eigenvalue weighted by Crippen LogP contribution is -2.33. The summed E-state index contributed by atoms with van der Waals surface area (Å²) in [5, 5.41) is 9.76. The van der Waals surface area contributed by atoms with E-state index in [1.807, 2.05) is 49.4 Å². The molecule has 6 nitrogen and oxygen atoms in total. The molecule has 1 aliphatic rings. The second-order valence-electron chi connectivity index (χ2n) is 6.72. The van der Waals surface area contributed by atoms with E-state index in [2.05, 4.69) is 27.0 Å². The highest BCUT2D eigenvalue weighted by Gasteiger charge is 2.35. The molecule has 29 heavy (non-hydrogen) atoms. The molecular weight excluding hydrogens is 432 g/mol. The Morgan fingerprint density at radius 2 is 2.03 bits per heavy atom. The van der Waals surface area contributed by atoms with Crippen molar-refractivity contribution < 1.29 is 4.74 Å². The van der Waals surface area contributed by atoms with E-state index in [9.17, 15) is 10.1 Å². The molecule has 3 aromatic rings. The van der Waals surface area contributed by atoms with Crippen LogP contribution in [-0.2, 0) is 6.54 Å². The molecule has 0 fully saturated rings. The van der Waals surface area contributed by atoms with E-state index in [4.69, 9.17) is 10.5 Å². The predicted molar refractivity (Wildman–Crippen MR) is 112 cm³/mol. The third kappa shape index (κ3) is 3.32. The van der Waals surface area contributed by atoms with Crippen molar-refractivity contribution in [1.82, 2.24) is 9.55 Å². The van der Waals surface area contributed by atoms with Crippen molar-refractivity contribution in [1.29, 1.82) is 5.26 Å². The Hall–Kier alpha value is -3.37. The smallest absolute Gasteiger partial charge is 0.259 e. The first kappa shape index (κ1) is 19.0. The molecule has 0 saturated heterocycles. The van der Waals surface area contributed by atoms with E-state index < -0.39 is 5.92 Å². The molecule has 2 N–H and O–H groups in total. The van der Waals surface area contributed by atoms with Crippen LogP contribution in [0.25, 0.3) is 0 Å². The number of nitriles is 1. The van der Waals surface area contributed by atoms with Gasteiger partial charge in [0.15, 0.2) is 0 Å². The van der Waals surface area contributed by atoms with Crippen molar-refractivity contribution in [2.24, 2.45) is 5.73 Å². The first-order chi connectivity index (χ1) is 14.0. The summed E-state index contributed by atoms with van der Waals surface area (Å²) in [6.07, 6.45) is 1.69. The second kappa shape index (κ2) is 7.57. The lowest BCUT2D eigenvalue weighted by molar-refractivity contribution is 0.388. The summed E-state index contributed by atoms with van der Waals surface area (Å²) in [6.45, 7) is 2.16. The molecule has 2 aromatic heterocycles. The summed E-state index contributed by atoms with van der Waals surface area (Å²) < 4.78 is 8.11. The van der Waals surface area contributed by atoms with Crippen LogP contribution in [0.4, 0.5) is 0 Å². The molecule has 0 aliphatic carbocycles. The number of hydrogen-bond acceptors (Lipinski definition) is 5. The maximum atomic E-state index is 13.6. The monoisotopic (exact) mass is 448 g/mol. The van der Waals surface area contributed by atoms with Gasteiger partial charge in [-0.05, 0) is 30.7 Å². The molecule has 0 radical (unpaired) electrons. The Kier molecular flexibility index (Phi) is 4.95. The fourth-order valence-corrected chi connectivity index (χ4v) is 4.07. The van der Waals surface area contributed by atoms with Gasteiger partial charge in [-0.2, -0.15) is 5.26 Å². The van der Waals surface area contributed by atoms with Crippen LogP contribution in [-0.4, -0.2) is 9.55 Å². The van der Waals surface area contributed by atoms with Crippen LogP contribution in [0.1, 0.15) is 28.4 Å². The van der Waals surface area contributed by atoms with Gasteiger partial charge in [0.25, 0.3) is 5.56 Å². The number of nitrogens with zero attached hydrogens (tertiary/aromatic N) is 3. The van der Waals surface area contributed by atoms with Gasteiger partial charge in [-0.1, -0.05) is 40.2 Å². The molecule has 1 unspecified atom stereocenters. The number of allylic oxidation sites excluding steroid dienone is 1. The Balaban J connectivity index is 1.96. The molecule has 1 atom stereocenters. The average Bonchev–Trinajstić information content (AvgIpc) is 2.71. The minimum atomic E-state index is -0.623. The summed E-state index contributed by atoms with van der Waals surface area (Å²) in [5.41, 5.74) is 8.69. The van der Waals surface area contributed by atoms with Crippen molar-refractivity contribution in [3.8, 4) is 11.8 Å². The molecule has 0 saturated carbocycles. The molecule has 0 spiro atoms. The number of pyridine rings is 2. The normalized spacial score (nSPS) is 15.4. The number of rotatable bonds is 3. The van der Waals surface area contributed by atoms with Crippen LogP contribution in [0.3, 0.4) is 0 Å². The zero-order valence-corrected chi connectivity index (χ0v) is 17.2. The van der Waals surface area contributed by atoms with Crippen LogP contribution in [0.2, 0.25) is 0 Å². The largest absolute Gasteiger partial charge is 0.440 e. The van der Waals surface area contributed by atoms with Crippen molar-refractivity contribution in [3.63, 3.8) is 0 Å². The first-order valence-corrected chi connectivity index (χ1v) is 9.76. The zero-order valence-electron chi connectivity index (χ0n) is 15.6. The zero-order chi connectivity index (χ0) is 20.5. The third-order valence-electron chi connectivity index (χ3n) is 4.95. The fourth-order valence-electron chi connectivity index (χ4n) is 3.56. The number of halogens is 1. The number of aromatic nitrogens is 2. The van der Waals surface area contributed by atoms with Crippen LogP contribution < -0.4 is 16.0 Å². The van der Waals surface area contributed by atoms with Gasteiger partial charge in [-0.15, -0.1) is 0 Å². The minimum absolute atomic E-state index is 0.0158. The van der Waals surface area contributed by atoms with E-state index >= 15 is 0 Å². The Morgan fingerprint density at radius 1 is 1.28 bits per heavy atom. The average molecular weight is 449 g/mol. The second-order valence-corrected chi connectivity index (χ2v) is 7.58. The molecule has 1 aromatic carbocycles. The molecule has 144 valence electrons. The number of ether oxygens (including phenoxy) is 1. The minimum Gasteiger partial charge on any atom is -0.440 e. The first-order valence-electron chi connectivity index (χ1n) is 8.97. The molecular formula is C22H17BrN4O2. The quantitative estimate of drug-likeness (QED) is 0.660. The van der Waals surface area contributed by atoms with E-state index in [1.165, 1.54) is 0 Å². The summed E-state index contributed by atoms with van der Waals surface area (Å²) in [4.78, 5) is 17.9. The van der Waals surface area contributed by atoms with Gasteiger partial charge >= 0.3 is 0 Å². The SMILES string of the molecule is Cc1cc2c(c(=O)n1Cc1ccccn1)C(c1ccccc1Br)C(C#N)=C(N)O2. The van der Waals surface area contributed by atoms with Gasteiger partial charge in [0, 0.05) is 22.4 Å². The van der Waals surface area contributed by atoms with Crippen molar-refractivity contribution in [3.05, 3.63) is 104 Å². The van der Waals surface area contributed by atoms with Crippen molar-refractivity contribution in [2.45, 2.75) is 19.4 Å². The maximum Gasteiger partial charge on any atom is 0.259 e. The van der Waals surface area contributed by atoms with Gasteiger partial charge in [-0.25, -0.2) is 0 Å². The Morgan fingerprint density at radius 3 is 2.72 bits per heavy atom. The summed E-state index contributed by atoms with van der Waals surface area (Å²) in [6, 6.07) is 17.0. The molecule has 1 aliphatic heterocycles. The number of aryl methyl sites for hydroxylation is 1. The van der Waals surface area contributed by atoms with E-state index in [-0.39, 0.29) is 17.0 Å². The van der Waals surface area contributed by atoms with E-state index in [0.717, 1.165) is 21.4 Å². The third-order valence-corrected chi connectivity index (χ3v) is 5.67. The van der Waals surface area contributed by atoms with Gasteiger partial charge in [0.1, 0.15) is 17.4 Å². The van der Waals surface area contributed by atoms with Gasteiger partial charge < -0.3 is 15.0 Å². The number of hydrogen-bond donors (Lipinski definition) is 1. The highest BCUT2D eigenvalue weighted by Crippen LogP contribution is 2.42. The highest BCUT2D eigenvalue weighted by atomic mass is 79.9. The van der Waals surface area contributed by atoms with Gasteiger partial charge in [0.2, 0.25) is 5.88 Å². The van der Waals surface area contributed by atoms with Crippen LogP contribution in [0.15, 0.2) is 75.5 Å². The summed E-state index contributed by atoms with van der Waals surface area (Å²) in [5.74, 6) is -0.230. The fraction of sp³-hybridized carbons (Fsp3) is 0.136. The summed E-state index contributed by atoms with van der Waals surface area (Å²) >= 11 is 3.54. The van der Waals surface area contributed by atoms with Crippen molar-refractivity contribution in [2.75, 3.05) is 0 Å². The lowest BCUT2D eigenvalue weighted by atomic mass is 9.84. The van der Waals surface area contributed by atoms with Gasteiger partial charge in [-0.3, -0.25) is 9.78 Å². The van der Waals surface area contributed by atoms with Crippen LogP contribution >= 0.6 is 15.9 Å².